The number of rotatable bonds is 5. The van der Waals surface area contributed by atoms with Gasteiger partial charge in [0.15, 0.2) is 0 Å². The first kappa shape index (κ1) is 16.8. The monoisotopic (exact) mass is 367 g/mol. The molecule has 0 amide bonds. The summed E-state index contributed by atoms with van der Waals surface area (Å²) in [6, 6.07) is 0. The number of hydrogen-bond donors (Lipinski definition) is 0. The fourth-order valence-electron chi connectivity index (χ4n) is 2.29. The number of fused-ring (bicyclic) bond motifs is 1. The van der Waals surface area contributed by atoms with Crippen LogP contribution >= 0.6 is 11.3 Å². The molecular weight excluding hydrogens is 350 g/mol. The maximum atomic E-state index is 12.2. The van der Waals surface area contributed by atoms with Crippen LogP contribution in [0.15, 0.2) is 33.7 Å². The molecule has 2 aliphatic rings. The molecule has 0 unspecified atom stereocenters. The van der Waals surface area contributed by atoms with Gasteiger partial charge in [-0.25, -0.2) is 18.2 Å². The van der Waals surface area contributed by atoms with Gasteiger partial charge in [0.1, 0.15) is 12.4 Å². The van der Waals surface area contributed by atoms with Gasteiger partial charge in [0, 0.05) is 18.1 Å². The molecule has 2 aliphatic heterocycles. The van der Waals surface area contributed by atoms with Gasteiger partial charge in [-0.15, -0.1) is 15.7 Å². The lowest BCUT2D eigenvalue weighted by Crippen LogP contribution is -2.37. The molecule has 3 heterocycles. The third kappa shape index (κ3) is 3.90. The fraction of sp³-hybridized carbons (Fsp3) is 0.400. The summed E-state index contributed by atoms with van der Waals surface area (Å²) in [5, 5.41) is 2.93. The molecule has 0 aliphatic carbocycles. The van der Waals surface area contributed by atoms with Crippen molar-refractivity contribution in [3.05, 3.63) is 40.0 Å². The highest BCUT2D eigenvalue weighted by atomic mass is 32.2. The Kier molecular flexibility index (Phi) is 4.81. The van der Waals surface area contributed by atoms with Crippen LogP contribution in [0, 0.1) is 0 Å². The number of carbonyl (C=O) groups is 1. The Morgan fingerprint density at radius 2 is 2.25 bits per heavy atom. The fourth-order valence-corrected chi connectivity index (χ4v) is 4.14. The van der Waals surface area contributed by atoms with Crippen molar-refractivity contribution in [2.45, 2.75) is 26.4 Å². The highest BCUT2D eigenvalue weighted by Gasteiger charge is 2.25. The smallest absolute Gasteiger partial charge is 0.340 e. The van der Waals surface area contributed by atoms with Gasteiger partial charge in [0.05, 0.1) is 22.0 Å². The van der Waals surface area contributed by atoms with Crippen molar-refractivity contribution < 1.29 is 17.9 Å². The summed E-state index contributed by atoms with van der Waals surface area (Å²) in [5.74, 6) is -0.215. The first-order chi connectivity index (χ1) is 11.5. The van der Waals surface area contributed by atoms with Gasteiger partial charge < -0.3 is 9.64 Å². The molecule has 128 valence electrons. The van der Waals surface area contributed by atoms with Crippen LogP contribution in [0.1, 0.15) is 24.0 Å². The summed E-state index contributed by atoms with van der Waals surface area (Å²) in [6.45, 7) is 2.49. The summed E-state index contributed by atoms with van der Waals surface area (Å²) < 4.78 is 31.9. The van der Waals surface area contributed by atoms with Crippen LogP contribution in [-0.4, -0.2) is 42.4 Å². The van der Waals surface area contributed by atoms with Gasteiger partial charge in [-0.2, -0.15) is 0 Å². The average molecular weight is 367 g/mol. The molecule has 9 heteroatoms. The minimum absolute atomic E-state index is 0.0673. The van der Waals surface area contributed by atoms with E-state index in [1.165, 1.54) is 12.2 Å². The Hall–Kier alpha value is -2.00. The molecule has 0 N–H and O–H groups in total. The SMILES string of the molecule is CCCc1nc(COC(=O)C2=CN3CCS(=O)(=O)N=C3C=C2)cs1. The lowest BCUT2D eigenvalue weighted by molar-refractivity contribution is -0.140. The van der Waals surface area contributed by atoms with Crippen LogP contribution in [-0.2, 0) is 32.6 Å². The number of thiazole rings is 1. The quantitative estimate of drug-likeness (QED) is 0.735. The normalized spacial score (nSPS) is 18.6. The topological polar surface area (TPSA) is 88.9 Å². The molecule has 0 bridgehead atoms. The minimum Gasteiger partial charge on any atom is -0.456 e. The second-order valence-corrected chi connectivity index (χ2v) is 8.10. The Bertz CT molecular complexity index is 837. The zero-order chi connectivity index (χ0) is 17.2. The van der Waals surface area contributed by atoms with Crippen molar-refractivity contribution in [2.75, 3.05) is 12.3 Å². The van der Waals surface area contributed by atoms with E-state index in [1.807, 2.05) is 5.38 Å². The molecule has 7 nitrogen and oxygen atoms in total. The Morgan fingerprint density at radius 1 is 1.42 bits per heavy atom. The summed E-state index contributed by atoms with van der Waals surface area (Å²) in [4.78, 5) is 18.2. The van der Waals surface area contributed by atoms with Crippen molar-refractivity contribution in [1.82, 2.24) is 9.88 Å². The molecule has 0 saturated carbocycles. The van der Waals surface area contributed by atoms with E-state index in [0.717, 1.165) is 23.5 Å². The lowest BCUT2D eigenvalue weighted by atomic mass is 10.2. The first-order valence-electron chi connectivity index (χ1n) is 7.56. The van der Waals surface area contributed by atoms with Crippen LogP contribution in [0.5, 0.6) is 0 Å². The number of amidine groups is 1. The Morgan fingerprint density at radius 3 is 3.04 bits per heavy atom. The number of esters is 1. The van der Waals surface area contributed by atoms with E-state index in [0.29, 0.717) is 11.4 Å². The van der Waals surface area contributed by atoms with Gasteiger partial charge in [-0.1, -0.05) is 6.92 Å². The minimum atomic E-state index is -3.40. The van der Waals surface area contributed by atoms with E-state index in [9.17, 15) is 13.2 Å². The largest absolute Gasteiger partial charge is 0.456 e. The Balaban J connectivity index is 1.62. The van der Waals surface area contributed by atoms with E-state index >= 15 is 0 Å². The van der Waals surface area contributed by atoms with Crippen LogP contribution in [0.25, 0.3) is 0 Å². The standard InChI is InChI=1S/C15H17N3O4S2/c1-2-3-14-16-12(10-23-14)9-22-15(19)11-4-5-13-17-24(20,21)7-6-18(13)8-11/h4-5,8,10H,2-3,6-7,9H2,1H3. The van der Waals surface area contributed by atoms with E-state index in [2.05, 4.69) is 16.3 Å². The number of aryl methyl sites for hydroxylation is 1. The van der Waals surface area contributed by atoms with E-state index in [-0.39, 0.29) is 18.9 Å². The van der Waals surface area contributed by atoms with Crippen LogP contribution in [0.3, 0.4) is 0 Å². The summed E-state index contributed by atoms with van der Waals surface area (Å²) in [7, 11) is -3.40. The van der Waals surface area contributed by atoms with Gasteiger partial charge in [-0.05, 0) is 25.0 Å². The van der Waals surface area contributed by atoms with E-state index in [4.69, 9.17) is 4.74 Å². The van der Waals surface area contributed by atoms with Crippen LogP contribution in [0.2, 0.25) is 0 Å². The van der Waals surface area contributed by atoms with Crippen molar-refractivity contribution in [3.8, 4) is 0 Å². The molecule has 0 fully saturated rings. The van der Waals surface area contributed by atoms with Gasteiger partial charge in [-0.3, -0.25) is 0 Å². The van der Waals surface area contributed by atoms with Crippen molar-refractivity contribution in [2.24, 2.45) is 4.40 Å². The highest BCUT2D eigenvalue weighted by molar-refractivity contribution is 7.90. The number of aromatic nitrogens is 1. The third-order valence-electron chi connectivity index (χ3n) is 3.47. The Labute approximate surface area is 144 Å². The number of nitrogens with zero attached hydrogens (tertiary/aromatic N) is 3. The zero-order valence-corrected chi connectivity index (χ0v) is 14.8. The third-order valence-corrected chi connectivity index (χ3v) is 5.60. The number of hydrogen-bond acceptors (Lipinski definition) is 7. The molecule has 0 saturated heterocycles. The van der Waals surface area contributed by atoms with E-state index < -0.39 is 16.0 Å². The molecule has 1 aromatic rings. The molecule has 3 rings (SSSR count). The predicted octanol–water partition coefficient (Wildman–Crippen LogP) is 1.64. The molecule has 0 radical (unpaired) electrons. The second kappa shape index (κ2) is 6.86. The average Bonchev–Trinajstić information content (AvgIpc) is 2.99. The van der Waals surface area contributed by atoms with Crippen molar-refractivity contribution in [1.29, 1.82) is 0 Å². The maximum Gasteiger partial charge on any atom is 0.340 e. The molecule has 24 heavy (non-hydrogen) atoms. The zero-order valence-electron chi connectivity index (χ0n) is 13.1. The number of ether oxygens (including phenoxy) is 1. The second-order valence-electron chi connectivity index (χ2n) is 5.41. The predicted molar refractivity (Wildman–Crippen MR) is 91.1 cm³/mol. The van der Waals surface area contributed by atoms with Crippen molar-refractivity contribution in [3.63, 3.8) is 0 Å². The molecule has 0 aromatic carbocycles. The van der Waals surface area contributed by atoms with Crippen LogP contribution < -0.4 is 0 Å². The lowest BCUT2D eigenvalue weighted by Gasteiger charge is -2.26. The van der Waals surface area contributed by atoms with Crippen LogP contribution in [0.4, 0.5) is 0 Å². The van der Waals surface area contributed by atoms with E-state index in [1.54, 1.807) is 22.4 Å². The first-order valence-corrected chi connectivity index (χ1v) is 10.1. The summed E-state index contributed by atoms with van der Waals surface area (Å²) in [6.07, 6.45) is 6.54. The number of sulfonamides is 1. The van der Waals surface area contributed by atoms with Gasteiger partial charge in [0.2, 0.25) is 0 Å². The van der Waals surface area contributed by atoms with Crippen molar-refractivity contribution >= 4 is 33.2 Å². The molecular formula is C15H17N3O4S2. The van der Waals surface area contributed by atoms with Gasteiger partial charge in [0.25, 0.3) is 10.0 Å². The highest BCUT2D eigenvalue weighted by Crippen LogP contribution is 2.18. The maximum absolute atomic E-state index is 12.2. The van der Waals surface area contributed by atoms with Gasteiger partial charge >= 0.3 is 5.97 Å². The molecule has 0 spiro atoms. The molecule has 1 aromatic heterocycles. The summed E-state index contributed by atoms with van der Waals surface area (Å²) in [5.41, 5.74) is 1.10. The summed E-state index contributed by atoms with van der Waals surface area (Å²) >= 11 is 1.56. The molecule has 0 atom stereocenters. The number of carbonyl (C=O) groups excluding carboxylic acids is 1.